The van der Waals surface area contributed by atoms with Gasteiger partial charge in [-0.2, -0.15) is 0 Å². The van der Waals surface area contributed by atoms with Crippen LogP contribution in [0.2, 0.25) is 0 Å². The first kappa shape index (κ1) is 13.4. The smallest absolute Gasteiger partial charge is 0.407 e. The summed E-state index contributed by atoms with van der Waals surface area (Å²) in [5.74, 6) is 0.422. The maximum atomic E-state index is 11.6. The van der Waals surface area contributed by atoms with Gasteiger partial charge in [-0.25, -0.2) is 4.79 Å². The predicted octanol–water partition coefficient (Wildman–Crippen LogP) is 3.83. The van der Waals surface area contributed by atoms with Gasteiger partial charge in [0.15, 0.2) is 0 Å². The number of benzene rings is 1. The molecule has 1 amide bonds. The van der Waals surface area contributed by atoms with E-state index in [0.29, 0.717) is 5.92 Å². The van der Waals surface area contributed by atoms with Gasteiger partial charge >= 0.3 is 6.09 Å². The van der Waals surface area contributed by atoms with Gasteiger partial charge in [0.05, 0.1) is 0 Å². The van der Waals surface area contributed by atoms with Crippen LogP contribution in [0.1, 0.15) is 38.7 Å². The second kappa shape index (κ2) is 4.92. The first-order valence-electron chi connectivity index (χ1n) is 6.10. The minimum absolute atomic E-state index is 0.209. The van der Waals surface area contributed by atoms with E-state index in [4.69, 9.17) is 4.74 Å². The van der Waals surface area contributed by atoms with Gasteiger partial charge in [-0.3, -0.25) is 0 Å². The van der Waals surface area contributed by atoms with Gasteiger partial charge in [0.1, 0.15) is 5.60 Å². The molecule has 0 saturated heterocycles. The lowest BCUT2D eigenvalue weighted by Gasteiger charge is -2.19. The Morgan fingerprint density at radius 2 is 1.94 bits per heavy atom. The Bertz CT molecular complexity index is 436. The Kier molecular flexibility index (Phi) is 3.66. The van der Waals surface area contributed by atoms with Crippen molar-refractivity contribution in [2.75, 3.05) is 0 Å². The molecule has 0 heterocycles. The average Bonchev–Trinajstić information content (AvgIpc) is 2.95. The number of ether oxygens (including phenoxy) is 1. The third-order valence-electron chi connectivity index (χ3n) is 2.79. The number of carbonyl (C=O) groups is 1. The molecule has 4 heteroatoms. The molecule has 0 unspecified atom stereocenters. The summed E-state index contributed by atoms with van der Waals surface area (Å²) in [6, 6.07) is 8.44. The summed E-state index contributed by atoms with van der Waals surface area (Å²) in [5, 5.41) is 2.90. The molecule has 1 fully saturated rings. The van der Waals surface area contributed by atoms with Crippen LogP contribution in [0.3, 0.4) is 0 Å². The maximum Gasteiger partial charge on any atom is 0.407 e. The maximum absolute atomic E-state index is 11.6. The SMILES string of the molecule is CC(C)(C)OC(=O)N[C@H]1C[C@@H]1c1ccc(Br)cc1. The molecule has 2 atom stereocenters. The number of halogens is 1. The van der Waals surface area contributed by atoms with Crippen molar-refractivity contribution in [2.24, 2.45) is 0 Å². The highest BCUT2D eigenvalue weighted by molar-refractivity contribution is 9.10. The first-order chi connectivity index (χ1) is 8.35. The van der Waals surface area contributed by atoms with Gasteiger partial charge in [0.2, 0.25) is 0 Å². The Hall–Kier alpha value is -1.03. The van der Waals surface area contributed by atoms with E-state index in [0.717, 1.165) is 10.9 Å². The molecule has 98 valence electrons. The quantitative estimate of drug-likeness (QED) is 0.901. The zero-order chi connectivity index (χ0) is 13.3. The minimum Gasteiger partial charge on any atom is -0.444 e. The van der Waals surface area contributed by atoms with Crippen LogP contribution in [0.4, 0.5) is 4.79 Å². The lowest BCUT2D eigenvalue weighted by atomic mass is 10.1. The third-order valence-corrected chi connectivity index (χ3v) is 3.32. The van der Waals surface area contributed by atoms with Crippen molar-refractivity contribution in [1.29, 1.82) is 0 Å². The highest BCUT2D eigenvalue weighted by atomic mass is 79.9. The van der Waals surface area contributed by atoms with E-state index in [9.17, 15) is 4.79 Å². The lowest BCUT2D eigenvalue weighted by Crippen LogP contribution is -2.34. The number of carbonyl (C=O) groups excluding carboxylic acids is 1. The molecule has 1 saturated carbocycles. The molecule has 1 aliphatic rings. The normalized spacial score (nSPS) is 22.4. The highest BCUT2D eigenvalue weighted by Gasteiger charge is 2.40. The van der Waals surface area contributed by atoms with Crippen LogP contribution in [-0.2, 0) is 4.74 Å². The van der Waals surface area contributed by atoms with Gasteiger partial charge in [0.25, 0.3) is 0 Å². The van der Waals surface area contributed by atoms with Gasteiger partial charge in [-0.05, 0) is 44.9 Å². The largest absolute Gasteiger partial charge is 0.444 e. The lowest BCUT2D eigenvalue weighted by molar-refractivity contribution is 0.0523. The van der Waals surface area contributed by atoms with E-state index < -0.39 is 5.60 Å². The van der Waals surface area contributed by atoms with Gasteiger partial charge < -0.3 is 10.1 Å². The van der Waals surface area contributed by atoms with Gasteiger partial charge in [0, 0.05) is 16.4 Å². The summed E-state index contributed by atoms with van der Waals surface area (Å²) in [6.07, 6.45) is 0.660. The van der Waals surface area contributed by atoms with Crippen LogP contribution in [0.5, 0.6) is 0 Å². The van der Waals surface area contributed by atoms with Crippen LogP contribution >= 0.6 is 15.9 Å². The summed E-state index contributed by atoms with van der Waals surface area (Å²) in [7, 11) is 0. The Morgan fingerprint density at radius 3 is 2.50 bits per heavy atom. The van der Waals surface area contributed by atoms with E-state index in [1.807, 2.05) is 32.9 Å². The number of hydrogen-bond acceptors (Lipinski definition) is 2. The molecule has 0 radical (unpaired) electrons. The summed E-state index contributed by atoms with van der Waals surface area (Å²) in [4.78, 5) is 11.6. The fraction of sp³-hybridized carbons (Fsp3) is 0.500. The second-order valence-corrected chi connectivity index (χ2v) is 6.56. The molecule has 2 rings (SSSR count). The number of amides is 1. The van der Waals surface area contributed by atoms with Crippen molar-refractivity contribution >= 4 is 22.0 Å². The van der Waals surface area contributed by atoms with Gasteiger partial charge in [-0.1, -0.05) is 28.1 Å². The molecule has 1 aliphatic carbocycles. The summed E-state index contributed by atoms with van der Waals surface area (Å²) >= 11 is 3.41. The standard InChI is InChI=1S/C14H18BrNO2/c1-14(2,3)18-13(17)16-12-8-11(12)9-4-6-10(15)7-5-9/h4-7,11-12H,8H2,1-3H3,(H,16,17)/t11-,12+/m1/s1. The van der Waals surface area contributed by atoms with E-state index in [1.54, 1.807) is 0 Å². The number of rotatable bonds is 2. The van der Waals surface area contributed by atoms with Crippen molar-refractivity contribution < 1.29 is 9.53 Å². The summed E-state index contributed by atoms with van der Waals surface area (Å²) in [5.41, 5.74) is 0.825. The first-order valence-corrected chi connectivity index (χ1v) is 6.89. The zero-order valence-corrected chi connectivity index (χ0v) is 12.5. The fourth-order valence-corrected chi connectivity index (χ4v) is 2.16. The monoisotopic (exact) mass is 311 g/mol. The number of nitrogens with one attached hydrogen (secondary N) is 1. The van der Waals surface area contributed by atoms with E-state index in [2.05, 4.69) is 33.4 Å². The van der Waals surface area contributed by atoms with Crippen molar-refractivity contribution in [3.05, 3.63) is 34.3 Å². The zero-order valence-electron chi connectivity index (χ0n) is 10.9. The van der Waals surface area contributed by atoms with E-state index in [-0.39, 0.29) is 12.1 Å². The van der Waals surface area contributed by atoms with Gasteiger partial charge in [-0.15, -0.1) is 0 Å². The summed E-state index contributed by atoms with van der Waals surface area (Å²) in [6.45, 7) is 5.60. The molecular weight excluding hydrogens is 294 g/mol. The Morgan fingerprint density at radius 1 is 1.33 bits per heavy atom. The van der Waals surface area contributed by atoms with Crippen molar-refractivity contribution in [3.8, 4) is 0 Å². The van der Waals surface area contributed by atoms with Crippen LogP contribution in [-0.4, -0.2) is 17.7 Å². The topological polar surface area (TPSA) is 38.3 Å². The van der Waals surface area contributed by atoms with Crippen LogP contribution in [0.15, 0.2) is 28.7 Å². The summed E-state index contributed by atoms with van der Waals surface area (Å²) < 4.78 is 6.31. The molecule has 1 aromatic carbocycles. The van der Waals surface area contributed by atoms with E-state index >= 15 is 0 Å². The number of hydrogen-bond donors (Lipinski definition) is 1. The van der Waals surface area contributed by atoms with Crippen molar-refractivity contribution in [2.45, 2.75) is 44.8 Å². The van der Waals surface area contributed by atoms with Crippen molar-refractivity contribution in [3.63, 3.8) is 0 Å². The minimum atomic E-state index is -0.438. The van der Waals surface area contributed by atoms with Crippen molar-refractivity contribution in [1.82, 2.24) is 5.32 Å². The molecule has 1 aromatic rings. The Labute approximate surface area is 116 Å². The molecule has 0 aromatic heterocycles. The third kappa shape index (κ3) is 3.73. The molecule has 0 spiro atoms. The van der Waals surface area contributed by atoms with Crippen LogP contribution < -0.4 is 5.32 Å². The van der Waals surface area contributed by atoms with E-state index in [1.165, 1.54) is 5.56 Å². The number of alkyl carbamates (subject to hydrolysis) is 1. The average molecular weight is 312 g/mol. The predicted molar refractivity (Wildman–Crippen MR) is 74.7 cm³/mol. The molecule has 18 heavy (non-hydrogen) atoms. The highest BCUT2D eigenvalue weighted by Crippen LogP contribution is 2.41. The Balaban J connectivity index is 1.85. The molecule has 0 bridgehead atoms. The van der Waals surface area contributed by atoms with Crippen LogP contribution in [0.25, 0.3) is 0 Å². The van der Waals surface area contributed by atoms with Crippen LogP contribution in [0, 0.1) is 0 Å². The fourth-order valence-electron chi connectivity index (χ4n) is 1.89. The molecule has 3 nitrogen and oxygen atoms in total. The molecule has 0 aliphatic heterocycles. The molecule has 1 N–H and O–H groups in total. The second-order valence-electron chi connectivity index (χ2n) is 5.65. The molecular formula is C14H18BrNO2.